The van der Waals surface area contributed by atoms with Gasteiger partial charge in [-0.05, 0) is 36.3 Å². The first-order valence-electron chi connectivity index (χ1n) is 4.92. The fourth-order valence-corrected chi connectivity index (χ4v) is 1.90. The summed E-state index contributed by atoms with van der Waals surface area (Å²) < 4.78 is 0. The zero-order valence-corrected chi connectivity index (χ0v) is 9.67. The predicted octanol–water partition coefficient (Wildman–Crippen LogP) is 3.29. The number of thiophene rings is 1. The molecule has 16 heavy (non-hydrogen) atoms. The molecule has 0 atom stereocenters. The first-order chi connectivity index (χ1) is 7.75. The van der Waals surface area contributed by atoms with E-state index < -0.39 is 0 Å². The van der Waals surface area contributed by atoms with Gasteiger partial charge in [-0.3, -0.25) is 4.79 Å². The highest BCUT2D eigenvalue weighted by molar-refractivity contribution is 7.10. The molecule has 0 aliphatic carbocycles. The van der Waals surface area contributed by atoms with Crippen molar-refractivity contribution in [1.82, 2.24) is 0 Å². The molecule has 0 amide bonds. The van der Waals surface area contributed by atoms with E-state index in [1.54, 1.807) is 6.07 Å². The molecule has 2 rings (SSSR count). The summed E-state index contributed by atoms with van der Waals surface area (Å²) in [7, 11) is 0. The Morgan fingerprint density at radius 1 is 1.25 bits per heavy atom. The van der Waals surface area contributed by atoms with Crippen LogP contribution in [0.1, 0.15) is 20.8 Å². The minimum Gasteiger partial charge on any atom is -0.279 e. The van der Waals surface area contributed by atoms with Crippen LogP contribution in [0.3, 0.4) is 0 Å². The van der Waals surface area contributed by atoms with Crippen molar-refractivity contribution in [2.45, 2.75) is 6.92 Å². The SMILES string of the molecule is Cc1cccc(C(=O)C#Cc2cccs2)c1. The molecule has 0 saturated carbocycles. The minimum atomic E-state index is -0.128. The van der Waals surface area contributed by atoms with Crippen molar-refractivity contribution in [1.29, 1.82) is 0 Å². The molecule has 1 aromatic carbocycles. The van der Waals surface area contributed by atoms with E-state index in [4.69, 9.17) is 0 Å². The lowest BCUT2D eigenvalue weighted by Gasteiger charge is -1.94. The number of hydrogen-bond acceptors (Lipinski definition) is 2. The average Bonchev–Trinajstić information content (AvgIpc) is 2.78. The number of rotatable bonds is 1. The van der Waals surface area contributed by atoms with Gasteiger partial charge in [0.05, 0.1) is 4.88 Å². The van der Waals surface area contributed by atoms with Crippen LogP contribution in [0.25, 0.3) is 0 Å². The number of ketones is 1. The van der Waals surface area contributed by atoms with Crippen molar-refractivity contribution >= 4 is 17.1 Å². The van der Waals surface area contributed by atoms with Gasteiger partial charge >= 0.3 is 0 Å². The summed E-state index contributed by atoms with van der Waals surface area (Å²) >= 11 is 1.54. The van der Waals surface area contributed by atoms with Gasteiger partial charge in [0.1, 0.15) is 0 Å². The molecule has 1 aromatic heterocycles. The third-order valence-corrected chi connectivity index (χ3v) is 2.89. The van der Waals surface area contributed by atoms with Crippen molar-refractivity contribution in [2.24, 2.45) is 0 Å². The smallest absolute Gasteiger partial charge is 0.236 e. The van der Waals surface area contributed by atoms with E-state index in [1.807, 2.05) is 42.6 Å². The molecular weight excluding hydrogens is 216 g/mol. The summed E-state index contributed by atoms with van der Waals surface area (Å²) in [4.78, 5) is 12.6. The monoisotopic (exact) mass is 226 g/mol. The van der Waals surface area contributed by atoms with E-state index in [-0.39, 0.29) is 5.78 Å². The van der Waals surface area contributed by atoms with Crippen LogP contribution in [0.2, 0.25) is 0 Å². The Kier molecular flexibility index (Phi) is 3.19. The molecule has 0 N–H and O–H groups in total. The van der Waals surface area contributed by atoms with Crippen LogP contribution in [0.15, 0.2) is 41.8 Å². The van der Waals surface area contributed by atoms with E-state index in [9.17, 15) is 4.79 Å². The molecule has 2 aromatic rings. The van der Waals surface area contributed by atoms with Crippen molar-refractivity contribution in [3.8, 4) is 11.8 Å². The number of hydrogen-bond donors (Lipinski definition) is 0. The lowest BCUT2D eigenvalue weighted by molar-refractivity contribution is 0.105. The summed E-state index contributed by atoms with van der Waals surface area (Å²) in [5.41, 5.74) is 1.73. The Morgan fingerprint density at radius 2 is 2.12 bits per heavy atom. The summed E-state index contributed by atoms with van der Waals surface area (Å²) in [6.45, 7) is 1.96. The highest BCUT2D eigenvalue weighted by Gasteiger charge is 2.01. The van der Waals surface area contributed by atoms with Gasteiger partial charge in [-0.25, -0.2) is 0 Å². The van der Waals surface area contributed by atoms with Crippen molar-refractivity contribution in [3.63, 3.8) is 0 Å². The van der Waals surface area contributed by atoms with Gasteiger partial charge in [0.15, 0.2) is 0 Å². The van der Waals surface area contributed by atoms with Gasteiger partial charge in [0.2, 0.25) is 5.78 Å². The molecule has 2 heteroatoms. The number of Topliss-reactive ketones (excluding diaryl/α,β-unsaturated/α-hetero) is 1. The van der Waals surface area contributed by atoms with Crippen LogP contribution in [-0.2, 0) is 0 Å². The van der Waals surface area contributed by atoms with E-state index in [0.29, 0.717) is 5.56 Å². The molecule has 0 spiro atoms. The number of carbonyl (C=O) groups excluding carboxylic acids is 1. The molecule has 0 unspecified atom stereocenters. The van der Waals surface area contributed by atoms with Gasteiger partial charge in [-0.1, -0.05) is 29.8 Å². The van der Waals surface area contributed by atoms with Gasteiger partial charge in [-0.2, -0.15) is 0 Å². The van der Waals surface area contributed by atoms with E-state index >= 15 is 0 Å². The maximum atomic E-state index is 11.7. The van der Waals surface area contributed by atoms with Crippen molar-refractivity contribution in [3.05, 3.63) is 57.8 Å². The third kappa shape index (κ3) is 2.59. The topological polar surface area (TPSA) is 17.1 Å². The van der Waals surface area contributed by atoms with Gasteiger partial charge in [0.25, 0.3) is 0 Å². The Morgan fingerprint density at radius 3 is 2.81 bits per heavy atom. The van der Waals surface area contributed by atoms with E-state index in [2.05, 4.69) is 11.8 Å². The molecular formula is C14H10OS. The quantitative estimate of drug-likeness (QED) is 0.538. The average molecular weight is 226 g/mol. The molecule has 0 radical (unpaired) electrons. The normalized spacial score (nSPS) is 9.31. The Hall–Kier alpha value is -1.85. The molecule has 78 valence electrons. The lowest BCUT2D eigenvalue weighted by Crippen LogP contribution is -1.94. The Labute approximate surface area is 98.7 Å². The van der Waals surface area contributed by atoms with E-state index in [1.165, 1.54) is 11.3 Å². The molecule has 0 saturated heterocycles. The lowest BCUT2D eigenvalue weighted by atomic mass is 10.1. The summed E-state index contributed by atoms with van der Waals surface area (Å²) in [6.07, 6.45) is 0. The molecule has 1 heterocycles. The standard InChI is InChI=1S/C14H10OS/c1-11-4-2-5-12(10-11)14(15)8-7-13-6-3-9-16-13/h2-6,9-10H,1H3. The molecule has 0 aliphatic rings. The molecule has 0 fully saturated rings. The van der Waals surface area contributed by atoms with Gasteiger partial charge < -0.3 is 0 Å². The van der Waals surface area contributed by atoms with Crippen molar-refractivity contribution < 1.29 is 4.79 Å². The zero-order valence-electron chi connectivity index (χ0n) is 8.86. The number of benzene rings is 1. The fourth-order valence-electron chi connectivity index (χ4n) is 1.33. The molecule has 0 bridgehead atoms. The second-order valence-electron chi connectivity index (χ2n) is 3.43. The first kappa shape index (κ1) is 10.7. The first-order valence-corrected chi connectivity index (χ1v) is 5.80. The predicted molar refractivity (Wildman–Crippen MR) is 66.7 cm³/mol. The van der Waals surface area contributed by atoms with Crippen LogP contribution in [0, 0.1) is 18.8 Å². The van der Waals surface area contributed by atoms with Crippen LogP contribution >= 0.6 is 11.3 Å². The Balaban J connectivity index is 2.21. The minimum absolute atomic E-state index is 0.128. The number of carbonyl (C=O) groups is 1. The zero-order chi connectivity index (χ0) is 11.4. The van der Waals surface area contributed by atoms with Crippen LogP contribution in [-0.4, -0.2) is 5.78 Å². The second-order valence-corrected chi connectivity index (χ2v) is 4.37. The summed E-state index contributed by atoms with van der Waals surface area (Å²) in [5, 5.41) is 1.95. The molecule has 0 aliphatic heterocycles. The van der Waals surface area contributed by atoms with Crippen LogP contribution in [0.5, 0.6) is 0 Å². The maximum absolute atomic E-state index is 11.7. The Bertz CT molecular complexity index is 556. The number of aryl methyl sites for hydroxylation is 1. The highest BCUT2D eigenvalue weighted by Crippen LogP contribution is 2.07. The largest absolute Gasteiger partial charge is 0.279 e. The summed E-state index contributed by atoms with van der Waals surface area (Å²) in [5.74, 6) is 5.38. The van der Waals surface area contributed by atoms with Crippen molar-refractivity contribution in [2.75, 3.05) is 0 Å². The van der Waals surface area contributed by atoms with Crippen LogP contribution in [0.4, 0.5) is 0 Å². The molecule has 1 nitrogen and oxygen atoms in total. The maximum Gasteiger partial charge on any atom is 0.236 e. The summed E-state index contributed by atoms with van der Waals surface area (Å²) in [6, 6.07) is 11.3. The van der Waals surface area contributed by atoms with Gasteiger partial charge in [0, 0.05) is 5.56 Å². The highest BCUT2D eigenvalue weighted by atomic mass is 32.1. The third-order valence-electron chi connectivity index (χ3n) is 2.10. The fraction of sp³-hybridized carbons (Fsp3) is 0.0714. The van der Waals surface area contributed by atoms with Crippen LogP contribution < -0.4 is 0 Å². The van der Waals surface area contributed by atoms with Gasteiger partial charge in [-0.15, -0.1) is 11.3 Å². The second kappa shape index (κ2) is 4.78. The van der Waals surface area contributed by atoms with E-state index in [0.717, 1.165) is 10.4 Å².